The van der Waals surface area contributed by atoms with Crippen LogP contribution in [0.4, 0.5) is 0 Å². The maximum absolute atomic E-state index is 12.6. The van der Waals surface area contributed by atoms with Gasteiger partial charge in [-0.15, -0.1) is 0 Å². The molecule has 1 saturated heterocycles. The highest BCUT2D eigenvalue weighted by molar-refractivity contribution is 5.79. The summed E-state index contributed by atoms with van der Waals surface area (Å²) < 4.78 is 10.8. The molecule has 0 unspecified atom stereocenters. The maximum Gasteiger partial charge on any atom is 0.251 e. The SMILES string of the molecule is Cc1nc([C@H]2CN(C(=O)Cc3c(C)noc3C)CCO2)cc(=O)[nH]1. The summed E-state index contributed by atoms with van der Waals surface area (Å²) in [5, 5.41) is 3.88. The normalized spacial score (nSPS) is 18.0. The highest BCUT2D eigenvalue weighted by Crippen LogP contribution is 2.21. The van der Waals surface area contributed by atoms with Crippen molar-refractivity contribution in [2.24, 2.45) is 0 Å². The molecule has 2 aromatic heterocycles. The van der Waals surface area contributed by atoms with Crippen LogP contribution in [0.1, 0.15) is 34.6 Å². The van der Waals surface area contributed by atoms with Gasteiger partial charge in [0, 0.05) is 18.2 Å². The van der Waals surface area contributed by atoms with Crippen molar-refractivity contribution in [2.75, 3.05) is 19.7 Å². The summed E-state index contributed by atoms with van der Waals surface area (Å²) in [6.45, 7) is 6.64. The molecule has 1 aliphatic heterocycles. The number of amides is 1. The molecule has 3 heterocycles. The molecule has 0 spiro atoms. The number of nitrogens with zero attached hydrogens (tertiary/aromatic N) is 3. The second kappa shape index (κ2) is 6.56. The minimum Gasteiger partial charge on any atom is -0.368 e. The molecule has 128 valence electrons. The van der Waals surface area contributed by atoms with Gasteiger partial charge in [-0.1, -0.05) is 5.16 Å². The molecular formula is C16H20N4O4. The lowest BCUT2D eigenvalue weighted by Gasteiger charge is -2.32. The van der Waals surface area contributed by atoms with Gasteiger partial charge in [0.05, 0.1) is 31.0 Å². The topological polar surface area (TPSA) is 101 Å². The summed E-state index contributed by atoms with van der Waals surface area (Å²) in [5.74, 6) is 1.18. The molecule has 0 aromatic carbocycles. The van der Waals surface area contributed by atoms with Gasteiger partial charge in [-0.25, -0.2) is 4.98 Å². The highest BCUT2D eigenvalue weighted by Gasteiger charge is 2.27. The first-order valence-corrected chi connectivity index (χ1v) is 7.83. The fourth-order valence-corrected chi connectivity index (χ4v) is 2.84. The van der Waals surface area contributed by atoms with E-state index in [1.165, 1.54) is 6.07 Å². The summed E-state index contributed by atoms with van der Waals surface area (Å²) in [6, 6.07) is 1.42. The van der Waals surface area contributed by atoms with E-state index in [-0.39, 0.29) is 17.9 Å². The minimum absolute atomic E-state index is 0.0146. The summed E-state index contributed by atoms with van der Waals surface area (Å²) in [6.07, 6.45) is -0.149. The van der Waals surface area contributed by atoms with E-state index in [1.54, 1.807) is 18.7 Å². The van der Waals surface area contributed by atoms with Crippen molar-refractivity contribution in [3.8, 4) is 0 Å². The Morgan fingerprint density at radius 1 is 1.42 bits per heavy atom. The van der Waals surface area contributed by atoms with Crippen molar-refractivity contribution in [3.63, 3.8) is 0 Å². The van der Waals surface area contributed by atoms with Gasteiger partial charge in [0.1, 0.15) is 17.7 Å². The van der Waals surface area contributed by atoms with Crippen molar-refractivity contribution in [2.45, 2.75) is 33.3 Å². The van der Waals surface area contributed by atoms with Crippen LogP contribution >= 0.6 is 0 Å². The largest absolute Gasteiger partial charge is 0.368 e. The lowest BCUT2D eigenvalue weighted by atomic mass is 10.1. The van der Waals surface area contributed by atoms with Gasteiger partial charge in [-0.05, 0) is 20.8 Å². The molecule has 8 heteroatoms. The summed E-state index contributed by atoms with van der Waals surface area (Å²) in [7, 11) is 0. The molecule has 1 atom stereocenters. The Hall–Kier alpha value is -2.48. The zero-order valence-corrected chi connectivity index (χ0v) is 14.0. The smallest absolute Gasteiger partial charge is 0.251 e. The minimum atomic E-state index is -0.395. The van der Waals surface area contributed by atoms with E-state index in [0.717, 1.165) is 11.3 Å². The van der Waals surface area contributed by atoms with Crippen LogP contribution in [0.3, 0.4) is 0 Å². The standard InChI is InChI=1S/C16H20N4O4/c1-9-12(10(2)24-19-9)6-16(22)20-4-5-23-14(8-20)13-7-15(21)18-11(3)17-13/h7,14H,4-6,8H2,1-3H3,(H,17,18,21)/t14-/m1/s1. The number of ether oxygens (including phenoxy) is 1. The molecule has 0 aliphatic carbocycles. The monoisotopic (exact) mass is 332 g/mol. The van der Waals surface area contributed by atoms with Crippen molar-refractivity contribution >= 4 is 5.91 Å². The van der Waals surface area contributed by atoms with Gasteiger partial charge in [0.15, 0.2) is 0 Å². The van der Waals surface area contributed by atoms with E-state index in [9.17, 15) is 9.59 Å². The van der Waals surface area contributed by atoms with E-state index in [4.69, 9.17) is 9.26 Å². The first kappa shape index (κ1) is 16.4. The first-order chi connectivity index (χ1) is 11.4. The van der Waals surface area contributed by atoms with Gasteiger partial charge in [-0.2, -0.15) is 0 Å². The summed E-state index contributed by atoms with van der Waals surface area (Å²) >= 11 is 0. The van der Waals surface area contributed by atoms with E-state index < -0.39 is 6.10 Å². The van der Waals surface area contributed by atoms with E-state index in [2.05, 4.69) is 15.1 Å². The average Bonchev–Trinajstić information content (AvgIpc) is 2.86. The lowest BCUT2D eigenvalue weighted by molar-refractivity contribution is -0.138. The van der Waals surface area contributed by atoms with Gasteiger partial charge in [0.2, 0.25) is 5.91 Å². The highest BCUT2D eigenvalue weighted by atomic mass is 16.5. The molecule has 0 saturated carbocycles. The van der Waals surface area contributed by atoms with Crippen molar-refractivity contribution < 1.29 is 14.1 Å². The van der Waals surface area contributed by atoms with Crippen LogP contribution in [0.15, 0.2) is 15.4 Å². The van der Waals surface area contributed by atoms with Crippen molar-refractivity contribution in [3.05, 3.63) is 45.0 Å². The fourth-order valence-electron chi connectivity index (χ4n) is 2.84. The number of aryl methyl sites for hydroxylation is 3. The average molecular weight is 332 g/mol. The van der Waals surface area contributed by atoms with Crippen LogP contribution in [-0.4, -0.2) is 45.6 Å². The number of H-pyrrole nitrogens is 1. The first-order valence-electron chi connectivity index (χ1n) is 7.83. The number of hydrogen-bond donors (Lipinski definition) is 1. The van der Waals surface area contributed by atoms with Gasteiger partial charge in [0.25, 0.3) is 5.56 Å². The van der Waals surface area contributed by atoms with Crippen LogP contribution in [0.5, 0.6) is 0 Å². The molecular weight excluding hydrogens is 312 g/mol. The number of aromatic amines is 1. The summed E-state index contributed by atoms with van der Waals surface area (Å²) in [4.78, 5) is 32.9. The zero-order chi connectivity index (χ0) is 17.3. The van der Waals surface area contributed by atoms with Crippen LogP contribution in [0.25, 0.3) is 0 Å². The molecule has 0 bridgehead atoms. The summed E-state index contributed by atoms with van der Waals surface area (Å²) in [5.41, 5.74) is 1.89. The van der Waals surface area contributed by atoms with Gasteiger partial charge >= 0.3 is 0 Å². The Labute approximate surface area is 138 Å². The number of hydrogen-bond acceptors (Lipinski definition) is 6. The maximum atomic E-state index is 12.6. The number of rotatable bonds is 3. The second-order valence-corrected chi connectivity index (χ2v) is 5.93. The Morgan fingerprint density at radius 2 is 2.21 bits per heavy atom. The van der Waals surface area contributed by atoms with Crippen LogP contribution in [-0.2, 0) is 16.0 Å². The molecule has 1 N–H and O–H groups in total. The predicted octanol–water partition coefficient (Wildman–Crippen LogP) is 0.826. The molecule has 1 amide bonds. The van der Waals surface area contributed by atoms with Gasteiger partial charge in [-0.3, -0.25) is 9.59 Å². The third-order valence-corrected chi connectivity index (χ3v) is 4.14. The van der Waals surface area contributed by atoms with Crippen molar-refractivity contribution in [1.29, 1.82) is 0 Å². The molecule has 1 aliphatic rings. The van der Waals surface area contributed by atoms with Gasteiger partial charge < -0.3 is 19.1 Å². The van der Waals surface area contributed by atoms with Crippen LogP contribution in [0, 0.1) is 20.8 Å². The van der Waals surface area contributed by atoms with E-state index >= 15 is 0 Å². The Morgan fingerprint density at radius 3 is 2.88 bits per heavy atom. The molecule has 2 aromatic rings. The van der Waals surface area contributed by atoms with E-state index in [1.807, 2.05) is 6.92 Å². The molecule has 1 fully saturated rings. The molecule has 0 radical (unpaired) electrons. The predicted molar refractivity (Wildman–Crippen MR) is 84.5 cm³/mol. The Kier molecular flexibility index (Phi) is 4.48. The quantitative estimate of drug-likeness (QED) is 0.893. The third kappa shape index (κ3) is 3.38. The number of morpholine rings is 1. The molecule has 3 rings (SSSR count). The molecule has 8 nitrogen and oxygen atoms in total. The number of aromatic nitrogens is 3. The number of carbonyl (C=O) groups is 1. The number of nitrogens with one attached hydrogen (secondary N) is 1. The van der Waals surface area contributed by atoms with Crippen molar-refractivity contribution in [1.82, 2.24) is 20.0 Å². The Bertz CT molecular complexity index is 791. The fraction of sp³-hybridized carbons (Fsp3) is 0.500. The molecule has 24 heavy (non-hydrogen) atoms. The third-order valence-electron chi connectivity index (χ3n) is 4.14. The lowest BCUT2D eigenvalue weighted by Crippen LogP contribution is -2.43. The van der Waals surface area contributed by atoms with E-state index in [0.29, 0.717) is 37.0 Å². The Balaban J connectivity index is 1.73. The van der Waals surface area contributed by atoms with Crippen LogP contribution < -0.4 is 5.56 Å². The second-order valence-electron chi connectivity index (χ2n) is 5.93. The van der Waals surface area contributed by atoms with Crippen LogP contribution in [0.2, 0.25) is 0 Å². The zero-order valence-electron chi connectivity index (χ0n) is 14.0. The number of carbonyl (C=O) groups excluding carboxylic acids is 1.